The van der Waals surface area contributed by atoms with Crippen molar-refractivity contribution < 1.29 is 14.6 Å². The predicted octanol–water partition coefficient (Wildman–Crippen LogP) is 4.65. The first-order chi connectivity index (χ1) is 11.0. The Balaban J connectivity index is 2.82. The molecular formula is C20H25NO3. The lowest BCUT2D eigenvalue weighted by molar-refractivity contribution is -0.530. The predicted molar refractivity (Wildman–Crippen MR) is 97.4 cm³/mol. The van der Waals surface area contributed by atoms with Crippen LogP contribution in [0, 0.1) is 12.1 Å². The number of carboxylic acid groups (broad SMARTS) is 1. The maximum Gasteiger partial charge on any atom is 0.336 e. The average Bonchev–Trinajstić information content (AvgIpc) is 2.70. The van der Waals surface area contributed by atoms with Gasteiger partial charge in [0.2, 0.25) is 0 Å². The van der Waals surface area contributed by atoms with Crippen molar-refractivity contribution in [3.8, 4) is 11.1 Å². The average molecular weight is 327 g/mol. The minimum Gasteiger partial charge on any atom is -0.623 e. The second-order valence-corrected chi connectivity index (χ2v) is 7.55. The first kappa shape index (κ1) is 18.0. The van der Waals surface area contributed by atoms with Crippen LogP contribution in [0.2, 0.25) is 0 Å². The molecule has 0 aromatic rings. The summed E-state index contributed by atoms with van der Waals surface area (Å²) in [5, 5.41) is 21.9. The standard InChI is InChI=1S/C20H25NO3/c1-12(2)14-8-7-13(3)18-16(9-14)15(10-17(18)19(22)23)11-21(24)20(4,5)6/h7-12H,1-6H3,(H,22,23)/b21-11+. The highest BCUT2D eigenvalue weighted by Crippen LogP contribution is 2.36. The van der Waals surface area contributed by atoms with E-state index in [0.717, 1.165) is 21.4 Å². The second kappa shape index (κ2) is 6.27. The first-order valence-electron chi connectivity index (χ1n) is 8.14. The lowest BCUT2D eigenvalue weighted by Gasteiger charge is -2.18. The third kappa shape index (κ3) is 3.42. The number of carbonyl (C=O) groups is 1. The minimum absolute atomic E-state index is 0.238. The fourth-order valence-electron chi connectivity index (χ4n) is 2.65. The molecule has 0 fully saturated rings. The van der Waals surface area contributed by atoms with E-state index in [1.807, 2.05) is 45.9 Å². The van der Waals surface area contributed by atoms with Gasteiger partial charge in [0.25, 0.3) is 0 Å². The van der Waals surface area contributed by atoms with Crippen LogP contribution in [-0.4, -0.2) is 27.6 Å². The van der Waals surface area contributed by atoms with E-state index >= 15 is 0 Å². The van der Waals surface area contributed by atoms with E-state index in [9.17, 15) is 15.1 Å². The highest BCUT2D eigenvalue weighted by Gasteiger charge is 2.25. The van der Waals surface area contributed by atoms with Crippen molar-refractivity contribution in [1.82, 2.24) is 0 Å². The van der Waals surface area contributed by atoms with Crippen molar-refractivity contribution in [3.63, 3.8) is 0 Å². The van der Waals surface area contributed by atoms with Crippen LogP contribution >= 0.6 is 0 Å². The van der Waals surface area contributed by atoms with E-state index in [1.54, 1.807) is 6.07 Å². The topological polar surface area (TPSA) is 63.4 Å². The number of hydroxylamine groups is 1. The van der Waals surface area contributed by atoms with Crippen molar-refractivity contribution >= 4 is 12.2 Å². The largest absolute Gasteiger partial charge is 0.623 e. The van der Waals surface area contributed by atoms with Gasteiger partial charge in [-0.25, -0.2) is 9.53 Å². The summed E-state index contributed by atoms with van der Waals surface area (Å²) in [6.45, 7) is 11.6. The molecule has 0 saturated heterocycles. The van der Waals surface area contributed by atoms with E-state index in [4.69, 9.17) is 0 Å². The van der Waals surface area contributed by atoms with Crippen LogP contribution in [0.4, 0.5) is 0 Å². The quantitative estimate of drug-likeness (QED) is 0.386. The third-order valence-corrected chi connectivity index (χ3v) is 4.20. The van der Waals surface area contributed by atoms with Gasteiger partial charge in [-0.3, -0.25) is 0 Å². The Morgan fingerprint density at radius 3 is 2.38 bits per heavy atom. The highest BCUT2D eigenvalue weighted by molar-refractivity contribution is 6.05. The van der Waals surface area contributed by atoms with Crippen LogP contribution in [-0.2, 0) is 0 Å². The number of aryl methyl sites for hydroxylation is 1. The molecule has 2 aliphatic carbocycles. The number of carboxylic acids is 1. The molecule has 0 radical (unpaired) electrons. The molecule has 128 valence electrons. The number of aromatic carboxylic acids is 1. The lowest BCUT2D eigenvalue weighted by atomic mass is 10.0. The molecule has 0 unspecified atom stereocenters. The Labute approximate surface area is 143 Å². The lowest BCUT2D eigenvalue weighted by Crippen LogP contribution is -2.29. The van der Waals surface area contributed by atoms with Crippen molar-refractivity contribution in [1.29, 1.82) is 0 Å². The summed E-state index contributed by atoms with van der Waals surface area (Å²) < 4.78 is 0.880. The number of fused-ring (bicyclic) bond motifs is 1. The Bertz CT molecular complexity index is 782. The second-order valence-electron chi connectivity index (χ2n) is 7.55. The molecule has 1 N–H and O–H groups in total. The van der Waals surface area contributed by atoms with Crippen molar-refractivity contribution in [2.24, 2.45) is 0 Å². The van der Waals surface area contributed by atoms with E-state index in [2.05, 4.69) is 13.8 Å². The fourth-order valence-corrected chi connectivity index (χ4v) is 2.65. The maximum atomic E-state index is 12.4. The smallest absolute Gasteiger partial charge is 0.336 e. The van der Waals surface area contributed by atoms with Gasteiger partial charge >= 0.3 is 5.97 Å². The summed E-state index contributed by atoms with van der Waals surface area (Å²) in [5.74, 6) is -0.671. The molecule has 24 heavy (non-hydrogen) atoms. The highest BCUT2D eigenvalue weighted by atomic mass is 16.5. The zero-order valence-electron chi connectivity index (χ0n) is 15.2. The van der Waals surface area contributed by atoms with E-state index < -0.39 is 11.5 Å². The van der Waals surface area contributed by atoms with Crippen LogP contribution in [0.1, 0.15) is 67.6 Å². The Morgan fingerprint density at radius 1 is 1.25 bits per heavy atom. The molecular weight excluding hydrogens is 302 g/mol. The summed E-state index contributed by atoms with van der Waals surface area (Å²) in [6, 6.07) is 7.57. The van der Waals surface area contributed by atoms with Crippen LogP contribution in [0.5, 0.6) is 0 Å². The third-order valence-electron chi connectivity index (χ3n) is 4.20. The normalized spacial score (nSPS) is 12.9. The van der Waals surface area contributed by atoms with Gasteiger partial charge in [0.1, 0.15) is 0 Å². The SMILES string of the molecule is Cc1ccc(C(C)C)cc2c(/C=[N+](/[O-])C(C)(C)C)cc(C(=O)O)c1-2. The summed E-state index contributed by atoms with van der Waals surface area (Å²) in [6.07, 6.45) is 1.50. The van der Waals surface area contributed by atoms with Crippen molar-refractivity contribution in [3.05, 3.63) is 51.7 Å². The molecule has 0 saturated carbocycles. The van der Waals surface area contributed by atoms with Gasteiger partial charge in [0, 0.05) is 26.3 Å². The van der Waals surface area contributed by atoms with Crippen molar-refractivity contribution in [2.75, 3.05) is 0 Å². The Hall–Kier alpha value is -2.36. The molecule has 0 aliphatic heterocycles. The summed E-state index contributed by atoms with van der Waals surface area (Å²) in [4.78, 5) is 11.7. The number of rotatable bonds is 3. The summed E-state index contributed by atoms with van der Waals surface area (Å²) >= 11 is 0. The van der Waals surface area contributed by atoms with Crippen LogP contribution < -0.4 is 0 Å². The number of nitrogens with zero attached hydrogens (tertiary/aromatic N) is 1. The van der Waals surface area contributed by atoms with Crippen LogP contribution in [0.25, 0.3) is 11.1 Å². The molecule has 4 heteroatoms. The molecule has 0 atom stereocenters. The van der Waals surface area contributed by atoms with Gasteiger partial charge in [-0.1, -0.05) is 32.0 Å². The zero-order chi connectivity index (χ0) is 18.2. The number of hydrogen-bond donors (Lipinski definition) is 1. The minimum atomic E-state index is -0.978. The fraction of sp³-hybridized carbons (Fsp3) is 0.400. The molecule has 0 aromatic heterocycles. The molecule has 0 amide bonds. The molecule has 0 aromatic carbocycles. The van der Waals surface area contributed by atoms with Gasteiger partial charge in [0.05, 0.1) is 5.56 Å². The zero-order valence-corrected chi connectivity index (χ0v) is 15.2. The van der Waals surface area contributed by atoms with Gasteiger partial charge in [-0.05, 0) is 41.2 Å². The van der Waals surface area contributed by atoms with Gasteiger partial charge < -0.3 is 10.3 Å². The molecule has 0 heterocycles. The number of hydrogen-bond acceptors (Lipinski definition) is 2. The van der Waals surface area contributed by atoms with E-state index in [0.29, 0.717) is 17.0 Å². The van der Waals surface area contributed by atoms with Gasteiger partial charge in [-0.2, -0.15) is 0 Å². The molecule has 2 rings (SSSR count). The Kier molecular flexibility index (Phi) is 4.70. The summed E-state index contributed by atoms with van der Waals surface area (Å²) in [5.41, 5.74) is 3.81. The first-order valence-corrected chi connectivity index (χ1v) is 8.14. The van der Waals surface area contributed by atoms with Crippen LogP contribution in [0.15, 0.2) is 24.3 Å². The van der Waals surface area contributed by atoms with Gasteiger partial charge in [-0.15, -0.1) is 0 Å². The van der Waals surface area contributed by atoms with Crippen LogP contribution in [0.3, 0.4) is 0 Å². The summed E-state index contributed by atoms with van der Waals surface area (Å²) in [7, 11) is 0. The van der Waals surface area contributed by atoms with Gasteiger partial charge in [0.15, 0.2) is 11.8 Å². The van der Waals surface area contributed by atoms with Crippen molar-refractivity contribution in [2.45, 2.75) is 53.0 Å². The molecule has 0 spiro atoms. The monoisotopic (exact) mass is 327 g/mol. The molecule has 4 nitrogen and oxygen atoms in total. The molecule has 0 bridgehead atoms. The molecule has 2 aliphatic rings. The Morgan fingerprint density at radius 2 is 1.88 bits per heavy atom. The maximum absolute atomic E-state index is 12.4. The van der Waals surface area contributed by atoms with E-state index in [1.165, 1.54) is 6.21 Å². The van der Waals surface area contributed by atoms with E-state index in [-0.39, 0.29) is 5.56 Å².